The van der Waals surface area contributed by atoms with E-state index in [1.54, 1.807) is 12.1 Å². The van der Waals surface area contributed by atoms with Gasteiger partial charge in [0.1, 0.15) is 17.1 Å². The Morgan fingerprint density at radius 1 is 1.29 bits per heavy atom. The first kappa shape index (κ1) is 16.3. The number of carbonyl (C=O) groups excluding carboxylic acids is 2. The van der Waals surface area contributed by atoms with Gasteiger partial charge in [-0.3, -0.25) is 4.79 Å². The SMILES string of the molecule is COc1ccc(C(=O)OCC(=O)NCCC#N)c(OC)c1. The fourth-order valence-corrected chi connectivity index (χ4v) is 1.48. The van der Waals surface area contributed by atoms with Crippen LogP contribution in [-0.2, 0) is 9.53 Å². The zero-order chi connectivity index (χ0) is 15.7. The molecular weight excluding hydrogens is 276 g/mol. The molecule has 0 aliphatic heterocycles. The highest BCUT2D eigenvalue weighted by atomic mass is 16.5. The molecule has 1 N–H and O–H groups in total. The first-order chi connectivity index (χ1) is 10.1. The van der Waals surface area contributed by atoms with Gasteiger partial charge < -0.3 is 19.5 Å². The molecule has 7 heteroatoms. The number of carbonyl (C=O) groups is 2. The summed E-state index contributed by atoms with van der Waals surface area (Å²) in [5.41, 5.74) is 0.197. The average molecular weight is 292 g/mol. The van der Waals surface area contributed by atoms with Crippen molar-refractivity contribution in [3.63, 3.8) is 0 Å². The van der Waals surface area contributed by atoms with Crippen molar-refractivity contribution in [3.8, 4) is 17.6 Å². The Hall–Kier alpha value is -2.75. The van der Waals surface area contributed by atoms with Gasteiger partial charge in [0.25, 0.3) is 5.91 Å². The predicted octanol–water partition coefficient (Wildman–Crippen LogP) is 0.890. The van der Waals surface area contributed by atoms with E-state index in [9.17, 15) is 9.59 Å². The number of amides is 1. The van der Waals surface area contributed by atoms with Crippen LogP contribution < -0.4 is 14.8 Å². The third-order valence-electron chi connectivity index (χ3n) is 2.52. The summed E-state index contributed by atoms with van der Waals surface area (Å²) in [6.45, 7) is -0.196. The zero-order valence-corrected chi connectivity index (χ0v) is 11.8. The maximum absolute atomic E-state index is 11.9. The minimum Gasteiger partial charge on any atom is -0.497 e. The third kappa shape index (κ3) is 5.03. The number of esters is 1. The Morgan fingerprint density at radius 2 is 2.05 bits per heavy atom. The number of nitrogens with one attached hydrogen (secondary N) is 1. The highest BCUT2D eigenvalue weighted by molar-refractivity contribution is 5.94. The highest BCUT2D eigenvalue weighted by Crippen LogP contribution is 2.25. The Balaban J connectivity index is 2.60. The molecule has 0 heterocycles. The van der Waals surface area contributed by atoms with Gasteiger partial charge in [-0.05, 0) is 12.1 Å². The van der Waals surface area contributed by atoms with Gasteiger partial charge in [-0.2, -0.15) is 5.26 Å². The number of hydrogen-bond donors (Lipinski definition) is 1. The fraction of sp³-hybridized carbons (Fsp3) is 0.357. The molecule has 7 nitrogen and oxygen atoms in total. The van der Waals surface area contributed by atoms with Crippen molar-refractivity contribution >= 4 is 11.9 Å². The summed E-state index contributed by atoms with van der Waals surface area (Å²) in [7, 11) is 2.92. The third-order valence-corrected chi connectivity index (χ3v) is 2.52. The molecule has 112 valence electrons. The van der Waals surface area contributed by atoms with Crippen LogP contribution in [0.2, 0.25) is 0 Å². The summed E-state index contributed by atoms with van der Waals surface area (Å²) < 4.78 is 15.0. The van der Waals surface area contributed by atoms with Gasteiger partial charge in [-0.15, -0.1) is 0 Å². The first-order valence-electron chi connectivity index (χ1n) is 6.15. The first-order valence-corrected chi connectivity index (χ1v) is 6.15. The van der Waals surface area contributed by atoms with Crippen LogP contribution in [0.1, 0.15) is 16.8 Å². The minimum atomic E-state index is -0.676. The van der Waals surface area contributed by atoms with Crippen LogP contribution in [0, 0.1) is 11.3 Å². The van der Waals surface area contributed by atoms with Crippen LogP contribution in [-0.4, -0.2) is 39.2 Å². The maximum Gasteiger partial charge on any atom is 0.342 e. The second kappa shape index (κ2) is 8.43. The van der Waals surface area contributed by atoms with Crippen molar-refractivity contribution in [1.82, 2.24) is 5.32 Å². The van der Waals surface area contributed by atoms with Crippen molar-refractivity contribution < 1.29 is 23.8 Å². The molecule has 0 saturated carbocycles. The Bertz CT molecular complexity index is 551. The standard InChI is InChI=1S/C14H16N2O5/c1-19-10-4-5-11(12(8-10)20-2)14(18)21-9-13(17)16-7-3-6-15/h4-5,8H,3,7,9H2,1-2H3,(H,16,17). The molecule has 21 heavy (non-hydrogen) atoms. The van der Waals surface area contributed by atoms with E-state index in [2.05, 4.69) is 5.32 Å². The summed E-state index contributed by atoms with van der Waals surface area (Å²) in [5, 5.41) is 10.8. The molecule has 1 aromatic carbocycles. The van der Waals surface area contributed by atoms with Crippen LogP contribution in [0.4, 0.5) is 0 Å². The minimum absolute atomic E-state index is 0.197. The van der Waals surface area contributed by atoms with Gasteiger partial charge in [0, 0.05) is 12.6 Å². The second-order valence-electron chi connectivity index (χ2n) is 3.90. The summed E-state index contributed by atoms with van der Waals surface area (Å²) in [4.78, 5) is 23.2. The molecule has 0 unspecified atom stereocenters. The summed E-state index contributed by atoms with van der Waals surface area (Å²) >= 11 is 0. The number of benzene rings is 1. The lowest BCUT2D eigenvalue weighted by Gasteiger charge is -2.10. The maximum atomic E-state index is 11.9. The number of ether oxygens (including phenoxy) is 3. The molecule has 1 amide bonds. The monoisotopic (exact) mass is 292 g/mol. The lowest BCUT2D eigenvalue weighted by atomic mass is 10.2. The van der Waals surface area contributed by atoms with Gasteiger partial charge >= 0.3 is 5.97 Å². The number of methoxy groups -OCH3 is 2. The number of nitriles is 1. The predicted molar refractivity (Wildman–Crippen MR) is 73.1 cm³/mol. The lowest BCUT2D eigenvalue weighted by molar-refractivity contribution is -0.124. The Kier molecular flexibility index (Phi) is 6.54. The Morgan fingerprint density at radius 3 is 2.67 bits per heavy atom. The topological polar surface area (TPSA) is 97.6 Å². The van der Waals surface area contributed by atoms with Crippen molar-refractivity contribution in [1.29, 1.82) is 5.26 Å². The molecule has 0 radical (unpaired) electrons. The van der Waals surface area contributed by atoms with E-state index in [1.807, 2.05) is 6.07 Å². The van der Waals surface area contributed by atoms with Crippen LogP contribution in [0.15, 0.2) is 18.2 Å². The van der Waals surface area contributed by atoms with E-state index < -0.39 is 18.5 Å². The molecule has 0 atom stereocenters. The van der Waals surface area contributed by atoms with E-state index in [1.165, 1.54) is 20.3 Å². The Labute approximate surface area is 122 Å². The number of hydrogen-bond acceptors (Lipinski definition) is 6. The van der Waals surface area contributed by atoms with Crippen LogP contribution in [0.3, 0.4) is 0 Å². The highest BCUT2D eigenvalue weighted by Gasteiger charge is 2.16. The van der Waals surface area contributed by atoms with Gasteiger partial charge in [-0.25, -0.2) is 4.79 Å². The summed E-state index contributed by atoms with van der Waals surface area (Å²) in [5.74, 6) is -0.308. The molecular formula is C14H16N2O5. The van der Waals surface area contributed by atoms with Crippen molar-refractivity contribution in [3.05, 3.63) is 23.8 Å². The van der Waals surface area contributed by atoms with E-state index >= 15 is 0 Å². The zero-order valence-electron chi connectivity index (χ0n) is 11.8. The van der Waals surface area contributed by atoms with Crippen LogP contribution in [0.25, 0.3) is 0 Å². The normalized spacial score (nSPS) is 9.38. The van der Waals surface area contributed by atoms with Gasteiger partial charge in [0.15, 0.2) is 6.61 Å². The molecule has 0 aliphatic rings. The van der Waals surface area contributed by atoms with Crippen LogP contribution in [0.5, 0.6) is 11.5 Å². The molecule has 0 saturated heterocycles. The lowest BCUT2D eigenvalue weighted by Crippen LogP contribution is -2.29. The molecule has 0 spiro atoms. The van der Waals surface area contributed by atoms with Crippen molar-refractivity contribution in [2.24, 2.45) is 0 Å². The smallest absolute Gasteiger partial charge is 0.342 e. The number of nitrogens with zero attached hydrogens (tertiary/aromatic N) is 1. The number of rotatable bonds is 7. The molecule has 0 aliphatic carbocycles. The van der Waals surface area contributed by atoms with E-state index in [-0.39, 0.29) is 18.5 Å². The molecule has 0 aromatic heterocycles. The fourth-order valence-electron chi connectivity index (χ4n) is 1.48. The molecule has 0 bridgehead atoms. The van der Waals surface area contributed by atoms with Crippen molar-refractivity contribution in [2.75, 3.05) is 27.4 Å². The van der Waals surface area contributed by atoms with Gasteiger partial charge in [-0.1, -0.05) is 0 Å². The van der Waals surface area contributed by atoms with Crippen LogP contribution >= 0.6 is 0 Å². The second-order valence-corrected chi connectivity index (χ2v) is 3.90. The van der Waals surface area contributed by atoms with E-state index in [0.717, 1.165) is 0 Å². The van der Waals surface area contributed by atoms with E-state index in [4.69, 9.17) is 19.5 Å². The molecule has 1 rings (SSSR count). The summed E-state index contributed by atoms with van der Waals surface area (Å²) in [6.07, 6.45) is 0.200. The molecule has 1 aromatic rings. The summed E-state index contributed by atoms with van der Waals surface area (Å²) in [6, 6.07) is 6.52. The van der Waals surface area contributed by atoms with Gasteiger partial charge in [0.2, 0.25) is 0 Å². The van der Waals surface area contributed by atoms with E-state index in [0.29, 0.717) is 11.5 Å². The van der Waals surface area contributed by atoms with Gasteiger partial charge in [0.05, 0.1) is 26.7 Å². The average Bonchev–Trinajstić information content (AvgIpc) is 2.52. The quantitative estimate of drug-likeness (QED) is 0.592. The van der Waals surface area contributed by atoms with Crippen molar-refractivity contribution in [2.45, 2.75) is 6.42 Å². The largest absolute Gasteiger partial charge is 0.497 e. The molecule has 0 fully saturated rings.